The van der Waals surface area contributed by atoms with Gasteiger partial charge in [0.25, 0.3) is 0 Å². The van der Waals surface area contributed by atoms with Crippen molar-refractivity contribution >= 4 is 21.8 Å². The average molecular weight is 278 g/mol. The Hall–Kier alpha value is -1.11. The minimum Gasteiger partial charge on any atom is -0.469 e. The maximum absolute atomic E-state index is 11.8. The third-order valence-corrected chi connectivity index (χ3v) is 4.95. The lowest BCUT2D eigenvalue weighted by atomic mass is 10.1. The van der Waals surface area contributed by atoms with E-state index in [1.165, 1.54) is 14.2 Å². The summed E-state index contributed by atoms with van der Waals surface area (Å²) in [5, 5.41) is 0. The molecule has 104 valence electrons. The van der Waals surface area contributed by atoms with Crippen LogP contribution in [0.4, 0.5) is 0 Å². The minimum absolute atomic E-state index is 0.0634. The zero-order valence-electron chi connectivity index (χ0n) is 10.6. The molecule has 18 heavy (non-hydrogen) atoms. The van der Waals surface area contributed by atoms with Crippen LogP contribution in [0.5, 0.6) is 0 Å². The predicted molar refractivity (Wildman–Crippen MR) is 63.6 cm³/mol. The molecule has 0 aliphatic heterocycles. The monoisotopic (exact) mass is 278 g/mol. The molecular weight excluding hydrogens is 260 g/mol. The van der Waals surface area contributed by atoms with E-state index in [2.05, 4.69) is 9.47 Å². The van der Waals surface area contributed by atoms with Crippen LogP contribution in [0.1, 0.15) is 25.7 Å². The Morgan fingerprint density at radius 3 is 2.11 bits per heavy atom. The van der Waals surface area contributed by atoms with Crippen molar-refractivity contribution in [3.05, 3.63) is 0 Å². The van der Waals surface area contributed by atoms with E-state index in [9.17, 15) is 18.0 Å². The average Bonchev–Trinajstić information content (AvgIpc) is 3.04. The minimum atomic E-state index is -3.34. The molecule has 0 spiro atoms. The van der Waals surface area contributed by atoms with Crippen LogP contribution in [-0.2, 0) is 28.9 Å². The first-order chi connectivity index (χ1) is 8.32. The van der Waals surface area contributed by atoms with E-state index in [-0.39, 0.29) is 24.3 Å². The third-order valence-electron chi connectivity index (χ3n) is 3.08. The molecule has 1 aliphatic carbocycles. The lowest BCUT2D eigenvalue weighted by molar-refractivity contribution is -0.142. The van der Waals surface area contributed by atoms with Crippen molar-refractivity contribution in [3.8, 4) is 0 Å². The van der Waals surface area contributed by atoms with Crippen LogP contribution in [-0.4, -0.2) is 46.1 Å². The largest absolute Gasteiger partial charge is 0.469 e. The Labute approximate surface area is 107 Å². The smallest absolute Gasteiger partial charge is 0.306 e. The number of rotatable bonds is 7. The summed E-state index contributed by atoms with van der Waals surface area (Å²) in [6, 6.07) is 0. The number of hydrogen-bond acceptors (Lipinski definition) is 6. The second kappa shape index (κ2) is 5.69. The highest BCUT2D eigenvalue weighted by atomic mass is 32.2. The highest BCUT2D eigenvalue weighted by Gasteiger charge is 2.47. The molecular formula is C11H18O6S. The van der Waals surface area contributed by atoms with Gasteiger partial charge >= 0.3 is 11.9 Å². The molecule has 0 N–H and O–H groups in total. The molecule has 0 aromatic heterocycles. The van der Waals surface area contributed by atoms with Gasteiger partial charge in [-0.2, -0.15) is 0 Å². The van der Waals surface area contributed by atoms with Gasteiger partial charge in [-0.3, -0.25) is 9.59 Å². The van der Waals surface area contributed by atoms with E-state index in [1.54, 1.807) is 0 Å². The second-order valence-corrected chi connectivity index (χ2v) is 6.86. The number of methoxy groups -OCH3 is 2. The number of sulfone groups is 1. The van der Waals surface area contributed by atoms with Gasteiger partial charge in [0.1, 0.15) is 0 Å². The molecule has 0 atom stereocenters. The van der Waals surface area contributed by atoms with Gasteiger partial charge < -0.3 is 9.47 Å². The zero-order valence-corrected chi connectivity index (χ0v) is 11.4. The fourth-order valence-corrected chi connectivity index (χ4v) is 3.75. The molecule has 0 bridgehead atoms. The molecule has 0 radical (unpaired) electrons. The van der Waals surface area contributed by atoms with Crippen LogP contribution in [0, 0.1) is 5.41 Å². The van der Waals surface area contributed by atoms with Crippen LogP contribution in [0.3, 0.4) is 0 Å². The van der Waals surface area contributed by atoms with E-state index in [4.69, 9.17) is 0 Å². The highest BCUT2D eigenvalue weighted by molar-refractivity contribution is 7.91. The Morgan fingerprint density at radius 2 is 1.67 bits per heavy atom. The molecule has 6 nitrogen and oxygen atoms in total. The maximum atomic E-state index is 11.8. The quantitative estimate of drug-likeness (QED) is 0.623. The summed E-state index contributed by atoms with van der Waals surface area (Å²) in [7, 11) is -0.846. The molecule has 0 unspecified atom stereocenters. The molecule has 0 aromatic carbocycles. The fraction of sp³-hybridized carbons (Fsp3) is 0.818. The van der Waals surface area contributed by atoms with E-state index in [0.29, 0.717) is 12.8 Å². The molecule has 7 heteroatoms. The lowest BCUT2D eigenvalue weighted by Crippen LogP contribution is -2.24. The zero-order chi connectivity index (χ0) is 13.8. The van der Waals surface area contributed by atoms with Gasteiger partial charge in [-0.15, -0.1) is 0 Å². The number of hydrogen-bond donors (Lipinski definition) is 0. The first-order valence-corrected chi connectivity index (χ1v) is 7.49. The molecule has 0 saturated heterocycles. The van der Waals surface area contributed by atoms with Crippen molar-refractivity contribution in [1.82, 2.24) is 0 Å². The summed E-state index contributed by atoms with van der Waals surface area (Å²) < 4.78 is 32.6. The predicted octanol–water partition coefficient (Wildman–Crippen LogP) is 0.308. The van der Waals surface area contributed by atoms with Gasteiger partial charge in [-0.25, -0.2) is 8.42 Å². The molecule has 1 fully saturated rings. The van der Waals surface area contributed by atoms with Crippen LogP contribution >= 0.6 is 0 Å². The highest BCUT2D eigenvalue weighted by Crippen LogP contribution is 2.50. The number of esters is 2. The van der Waals surface area contributed by atoms with Gasteiger partial charge in [-0.05, 0) is 18.3 Å². The van der Waals surface area contributed by atoms with Gasteiger partial charge in [0, 0.05) is 0 Å². The Bertz CT molecular complexity index is 421. The number of carbonyl (C=O) groups is 2. The normalized spacial score (nSPS) is 17.0. The summed E-state index contributed by atoms with van der Waals surface area (Å²) >= 11 is 0. The summed E-state index contributed by atoms with van der Waals surface area (Å²) in [5.41, 5.74) is -0.470. The standard InChI is InChI=1S/C11H18O6S/c1-16-9(12)3-6-18(14,15)8-11(4-5-11)7-10(13)17-2/h3-8H2,1-2H3. The van der Waals surface area contributed by atoms with E-state index < -0.39 is 27.2 Å². The van der Waals surface area contributed by atoms with Crippen LogP contribution in [0.2, 0.25) is 0 Å². The first kappa shape index (κ1) is 14.9. The molecule has 0 heterocycles. The Morgan fingerprint density at radius 1 is 1.11 bits per heavy atom. The van der Waals surface area contributed by atoms with Crippen LogP contribution in [0.15, 0.2) is 0 Å². The first-order valence-electron chi connectivity index (χ1n) is 5.66. The van der Waals surface area contributed by atoms with Crippen molar-refractivity contribution < 1.29 is 27.5 Å². The van der Waals surface area contributed by atoms with Crippen LogP contribution in [0.25, 0.3) is 0 Å². The third kappa shape index (κ3) is 4.64. The van der Waals surface area contributed by atoms with Crippen LogP contribution < -0.4 is 0 Å². The van der Waals surface area contributed by atoms with Crippen molar-refractivity contribution in [2.75, 3.05) is 25.7 Å². The summed E-state index contributed by atoms with van der Waals surface area (Å²) in [4.78, 5) is 22.1. The molecule has 0 aromatic rings. The van der Waals surface area contributed by atoms with Gasteiger partial charge in [0.2, 0.25) is 0 Å². The van der Waals surface area contributed by atoms with Crippen molar-refractivity contribution in [2.45, 2.75) is 25.7 Å². The topological polar surface area (TPSA) is 86.7 Å². The van der Waals surface area contributed by atoms with E-state index in [1.807, 2.05) is 0 Å². The Kier molecular flexibility index (Phi) is 4.72. The molecule has 1 saturated carbocycles. The van der Waals surface area contributed by atoms with Gasteiger partial charge in [0.05, 0.1) is 38.6 Å². The van der Waals surface area contributed by atoms with E-state index >= 15 is 0 Å². The summed E-state index contributed by atoms with van der Waals surface area (Å²) in [6.45, 7) is 0. The second-order valence-electron chi connectivity index (χ2n) is 4.67. The Balaban J connectivity index is 2.50. The molecule has 0 amide bonds. The maximum Gasteiger partial charge on any atom is 0.306 e. The van der Waals surface area contributed by atoms with E-state index in [0.717, 1.165) is 0 Å². The van der Waals surface area contributed by atoms with Crippen molar-refractivity contribution in [1.29, 1.82) is 0 Å². The molecule has 1 rings (SSSR count). The van der Waals surface area contributed by atoms with Crippen molar-refractivity contribution in [3.63, 3.8) is 0 Å². The fourth-order valence-electron chi connectivity index (χ4n) is 1.81. The summed E-state index contributed by atoms with van der Waals surface area (Å²) in [5.74, 6) is -1.23. The van der Waals surface area contributed by atoms with Gasteiger partial charge in [0.15, 0.2) is 9.84 Å². The SMILES string of the molecule is COC(=O)CCS(=O)(=O)CC1(CC(=O)OC)CC1. The summed E-state index contributed by atoms with van der Waals surface area (Å²) in [6.07, 6.45) is 1.40. The number of ether oxygens (including phenoxy) is 2. The van der Waals surface area contributed by atoms with Crippen molar-refractivity contribution in [2.24, 2.45) is 5.41 Å². The lowest BCUT2D eigenvalue weighted by Gasteiger charge is -2.13. The molecule has 1 aliphatic rings. The van der Waals surface area contributed by atoms with Gasteiger partial charge in [-0.1, -0.05) is 0 Å². The number of carbonyl (C=O) groups excluding carboxylic acids is 2.